The normalized spacial score (nSPS) is 11.1. The van der Waals surface area contributed by atoms with Crippen LogP contribution in [-0.2, 0) is 4.79 Å². The van der Waals surface area contributed by atoms with Crippen molar-refractivity contribution in [2.45, 2.75) is 23.6 Å². The Balaban J connectivity index is 1.54. The third-order valence-electron chi connectivity index (χ3n) is 5.60. The molecule has 4 aromatic rings. The highest BCUT2D eigenvalue weighted by Gasteiger charge is 2.14. The molecule has 184 valence electrons. The molecule has 1 aromatic heterocycles. The molecule has 0 fully saturated rings. The summed E-state index contributed by atoms with van der Waals surface area (Å²) in [4.78, 5) is 25.1. The lowest BCUT2D eigenvalue weighted by atomic mass is 10.1. The lowest BCUT2D eigenvalue weighted by Crippen LogP contribution is -2.13. The molecule has 9 heteroatoms. The summed E-state index contributed by atoms with van der Waals surface area (Å²) < 4.78 is 2.89. The van der Waals surface area contributed by atoms with Gasteiger partial charge in [0.05, 0.1) is 4.92 Å². The molecule has 0 atom stereocenters. The molecule has 1 amide bonds. The van der Waals surface area contributed by atoms with E-state index in [1.54, 1.807) is 36.4 Å². The number of benzene rings is 3. The fourth-order valence-electron chi connectivity index (χ4n) is 3.84. The van der Waals surface area contributed by atoms with Crippen molar-refractivity contribution in [3.8, 4) is 11.8 Å². The zero-order chi connectivity index (χ0) is 26.5. The number of carbonyl (C=O) groups is 1. The fraction of sp³-hybridized carbons (Fsp3) is 0.0714. The number of hydrogen-bond donors (Lipinski definition) is 1. The first kappa shape index (κ1) is 25.9. The number of nitro benzene ring substituents is 1. The van der Waals surface area contributed by atoms with Crippen LogP contribution in [0.2, 0.25) is 0 Å². The number of nitriles is 1. The van der Waals surface area contributed by atoms with Crippen molar-refractivity contribution in [2.75, 3.05) is 5.32 Å². The number of rotatable bonds is 7. The molecule has 0 unspecified atom stereocenters. The van der Waals surface area contributed by atoms with Crippen LogP contribution >= 0.6 is 27.7 Å². The van der Waals surface area contributed by atoms with Crippen LogP contribution in [0.1, 0.15) is 17.0 Å². The Labute approximate surface area is 226 Å². The summed E-state index contributed by atoms with van der Waals surface area (Å²) in [7, 11) is 0. The SMILES string of the molecule is Cc1cc(/C=C(/C#N)C(=O)Nc2cccc(Br)c2)c(C)n1-c1ccc(Sc2ccc([N+](=O)[O-])cc2)cc1. The highest BCUT2D eigenvalue weighted by Crippen LogP contribution is 2.31. The predicted octanol–water partition coefficient (Wildman–Crippen LogP) is 7.46. The Morgan fingerprint density at radius 3 is 2.30 bits per heavy atom. The van der Waals surface area contributed by atoms with Crippen LogP contribution in [0.4, 0.5) is 11.4 Å². The second-order valence-corrected chi connectivity index (χ2v) is 10.2. The maximum atomic E-state index is 12.7. The zero-order valence-electron chi connectivity index (χ0n) is 19.9. The van der Waals surface area contributed by atoms with Gasteiger partial charge in [-0.05, 0) is 86.2 Å². The molecule has 37 heavy (non-hydrogen) atoms. The number of nitro groups is 1. The summed E-state index contributed by atoms with van der Waals surface area (Å²) in [5.74, 6) is -0.474. The van der Waals surface area contributed by atoms with Gasteiger partial charge in [-0.2, -0.15) is 5.26 Å². The first-order chi connectivity index (χ1) is 17.7. The van der Waals surface area contributed by atoms with E-state index in [1.807, 2.05) is 56.3 Å². The molecular formula is C28H21BrN4O3S. The molecule has 7 nitrogen and oxygen atoms in total. The minimum absolute atomic E-state index is 0.00933. The molecule has 0 radical (unpaired) electrons. The van der Waals surface area contributed by atoms with Crippen LogP contribution in [0, 0.1) is 35.3 Å². The minimum atomic E-state index is -0.474. The van der Waals surface area contributed by atoms with Crippen molar-refractivity contribution in [1.29, 1.82) is 5.26 Å². The van der Waals surface area contributed by atoms with Crippen LogP contribution in [0.3, 0.4) is 0 Å². The van der Waals surface area contributed by atoms with Gasteiger partial charge in [-0.25, -0.2) is 0 Å². The molecule has 1 heterocycles. The first-order valence-corrected chi connectivity index (χ1v) is 12.8. The molecule has 3 aromatic carbocycles. The molecule has 0 aliphatic heterocycles. The summed E-state index contributed by atoms with van der Waals surface area (Å²) in [6.45, 7) is 3.91. The van der Waals surface area contributed by atoms with E-state index in [9.17, 15) is 20.2 Å². The highest BCUT2D eigenvalue weighted by atomic mass is 79.9. The number of aryl methyl sites for hydroxylation is 1. The lowest BCUT2D eigenvalue weighted by Gasteiger charge is -2.11. The number of hydrogen-bond acceptors (Lipinski definition) is 5. The molecule has 0 aliphatic rings. The van der Waals surface area contributed by atoms with Crippen molar-refractivity contribution in [2.24, 2.45) is 0 Å². The van der Waals surface area contributed by atoms with E-state index < -0.39 is 10.8 Å². The number of aromatic nitrogens is 1. The van der Waals surface area contributed by atoms with Crippen LogP contribution < -0.4 is 5.32 Å². The Morgan fingerprint density at radius 1 is 1.05 bits per heavy atom. The second-order valence-electron chi connectivity index (χ2n) is 8.14. The van der Waals surface area contributed by atoms with Crippen molar-refractivity contribution < 1.29 is 9.72 Å². The average molecular weight is 573 g/mol. The van der Waals surface area contributed by atoms with Crippen molar-refractivity contribution in [3.63, 3.8) is 0 Å². The van der Waals surface area contributed by atoms with Gasteiger partial charge in [-0.15, -0.1) is 0 Å². The molecule has 1 N–H and O–H groups in total. The molecular weight excluding hydrogens is 552 g/mol. The van der Waals surface area contributed by atoms with Gasteiger partial charge in [-0.3, -0.25) is 14.9 Å². The summed E-state index contributed by atoms with van der Waals surface area (Å²) >= 11 is 4.89. The minimum Gasteiger partial charge on any atom is -0.321 e. The first-order valence-electron chi connectivity index (χ1n) is 11.2. The monoisotopic (exact) mass is 572 g/mol. The third kappa shape index (κ3) is 6.17. The largest absolute Gasteiger partial charge is 0.321 e. The standard InChI is InChI=1S/C28H21BrN4O3S/c1-18-14-20(15-21(17-30)28(34)31-23-5-3-4-22(29)16-23)19(2)32(18)24-6-10-26(11-7-24)37-27-12-8-25(9-13-27)33(35)36/h3-16H,1-2H3,(H,31,34)/b21-15-. The molecule has 0 saturated carbocycles. The topological polar surface area (TPSA) is 101 Å². The second kappa shape index (κ2) is 11.3. The van der Waals surface area contributed by atoms with E-state index in [0.717, 1.165) is 36.9 Å². The van der Waals surface area contributed by atoms with E-state index in [-0.39, 0.29) is 11.3 Å². The van der Waals surface area contributed by atoms with Crippen molar-refractivity contribution in [1.82, 2.24) is 4.57 Å². The van der Waals surface area contributed by atoms with E-state index in [1.165, 1.54) is 23.9 Å². The Morgan fingerprint density at radius 2 is 1.70 bits per heavy atom. The number of halogens is 1. The number of anilines is 1. The van der Waals surface area contributed by atoms with E-state index in [4.69, 9.17) is 0 Å². The average Bonchev–Trinajstić information content (AvgIpc) is 3.15. The maximum absolute atomic E-state index is 12.7. The van der Waals surface area contributed by atoms with Gasteiger partial charge in [0.25, 0.3) is 11.6 Å². The van der Waals surface area contributed by atoms with Gasteiger partial charge in [-0.1, -0.05) is 33.8 Å². The van der Waals surface area contributed by atoms with Gasteiger partial charge in [0.2, 0.25) is 0 Å². The number of nitrogens with one attached hydrogen (secondary N) is 1. The molecule has 0 aliphatic carbocycles. The number of carbonyl (C=O) groups excluding carboxylic acids is 1. The van der Waals surface area contributed by atoms with Crippen LogP contribution in [-0.4, -0.2) is 15.4 Å². The smallest absolute Gasteiger partial charge is 0.269 e. The van der Waals surface area contributed by atoms with E-state index >= 15 is 0 Å². The van der Waals surface area contributed by atoms with E-state index in [2.05, 4.69) is 25.8 Å². The lowest BCUT2D eigenvalue weighted by molar-refractivity contribution is -0.384. The molecule has 0 bridgehead atoms. The number of nitrogens with zero attached hydrogens (tertiary/aromatic N) is 3. The summed E-state index contributed by atoms with van der Waals surface area (Å²) in [6.07, 6.45) is 1.60. The molecule has 0 spiro atoms. The van der Waals surface area contributed by atoms with Gasteiger partial charge in [0.1, 0.15) is 11.6 Å². The van der Waals surface area contributed by atoms with Crippen LogP contribution in [0.25, 0.3) is 11.8 Å². The van der Waals surface area contributed by atoms with Gasteiger partial charge in [0.15, 0.2) is 0 Å². The van der Waals surface area contributed by atoms with Crippen LogP contribution in [0.5, 0.6) is 0 Å². The summed E-state index contributed by atoms with van der Waals surface area (Å²) in [5, 5.41) is 23.2. The third-order valence-corrected chi connectivity index (χ3v) is 7.10. The van der Waals surface area contributed by atoms with Crippen LogP contribution in [0.15, 0.2) is 98.7 Å². The number of amides is 1. The van der Waals surface area contributed by atoms with Gasteiger partial charge in [0, 0.05) is 49.2 Å². The fourth-order valence-corrected chi connectivity index (χ4v) is 5.05. The Bertz CT molecular complexity index is 1550. The molecule has 0 saturated heterocycles. The van der Waals surface area contributed by atoms with Crippen molar-refractivity contribution in [3.05, 3.63) is 116 Å². The summed E-state index contributed by atoms with van der Waals surface area (Å²) in [6, 6.07) is 25.5. The summed E-state index contributed by atoms with van der Waals surface area (Å²) in [5.41, 5.74) is 4.25. The van der Waals surface area contributed by atoms with Gasteiger partial charge < -0.3 is 9.88 Å². The van der Waals surface area contributed by atoms with E-state index in [0.29, 0.717) is 5.69 Å². The Kier molecular flexibility index (Phi) is 7.92. The van der Waals surface area contributed by atoms with Gasteiger partial charge >= 0.3 is 0 Å². The zero-order valence-corrected chi connectivity index (χ0v) is 22.3. The highest BCUT2D eigenvalue weighted by molar-refractivity contribution is 9.10. The maximum Gasteiger partial charge on any atom is 0.269 e. The molecule has 4 rings (SSSR count). The van der Waals surface area contributed by atoms with Crippen molar-refractivity contribution >= 4 is 51.0 Å². The Hall–Kier alpha value is -4.13. The predicted molar refractivity (Wildman–Crippen MR) is 149 cm³/mol. The quantitative estimate of drug-likeness (QED) is 0.107. The number of non-ortho nitro benzene ring substituents is 1.